The highest BCUT2D eigenvalue weighted by atomic mass is 32.2. The first-order valence-corrected chi connectivity index (χ1v) is 13.4. The number of piperidine rings is 1. The summed E-state index contributed by atoms with van der Waals surface area (Å²) >= 11 is 1.60. The Hall–Kier alpha value is -1.94. The van der Waals surface area contributed by atoms with E-state index in [0.717, 1.165) is 31.5 Å². The Kier molecular flexibility index (Phi) is 7.97. The second kappa shape index (κ2) is 10.3. The second-order valence-corrected chi connectivity index (χ2v) is 12.0. The maximum Gasteiger partial charge on any atom is 0.251 e. The number of anilines is 1. The van der Waals surface area contributed by atoms with Crippen LogP contribution in [-0.4, -0.2) is 51.4 Å². The van der Waals surface area contributed by atoms with Gasteiger partial charge in [0.05, 0.1) is 4.90 Å². The molecule has 2 aromatic rings. The van der Waals surface area contributed by atoms with Gasteiger partial charge in [0.1, 0.15) is 0 Å². The Morgan fingerprint density at radius 1 is 1.25 bits per heavy atom. The van der Waals surface area contributed by atoms with Gasteiger partial charge in [0.15, 0.2) is 0 Å². The van der Waals surface area contributed by atoms with Gasteiger partial charge in [-0.25, -0.2) is 13.1 Å². The van der Waals surface area contributed by atoms with Crippen molar-refractivity contribution in [2.75, 3.05) is 32.0 Å². The molecule has 2 heterocycles. The number of nitrogens with one attached hydrogen (secondary N) is 3. The van der Waals surface area contributed by atoms with Crippen LogP contribution >= 0.6 is 11.3 Å². The molecule has 176 valence electrons. The number of benzene rings is 1. The fourth-order valence-corrected chi connectivity index (χ4v) is 5.98. The van der Waals surface area contributed by atoms with Crippen molar-refractivity contribution in [3.8, 4) is 0 Å². The highest BCUT2D eigenvalue weighted by Gasteiger charge is 2.24. The number of carbonyl (C=O) groups is 1. The molecule has 1 fully saturated rings. The van der Waals surface area contributed by atoms with Gasteiger partial charge in [-0.3, -0.25) is 4.79 Å². The Morgan fingerprint density at radius 2 is 2.03 bits per heavy atom. The van der Waals surface area contributed by atoms with Crippen molar-refractivity contribution in [2.24, 2.45) is 5.92 Å². The zero-order valence-electron chi connectivity index (χ0n) is 19.3. The molecular weight excluding hydrogens is 444 g/mol. The SMILES string of the molecule is CN1CCC[C@H](CNC(=O)c2cc(NCc3ccsc3)cc(S(=O)(=O)NC(C)(C)C)c2)C1. The van der Waals surface area contributed by atoms with E-state index in [1.165, 1.54) is 6.07 Å². The second-order valence-electron chi connectivity index (χ2n) is 9.57. The Morgan fingerprint density at radius 3 is 2.69 bits per heavy atom. The summed E-state index contributed by atoms with van der Waals surface area (Å²) in [7, 11) is -1.69. The van der Waals surface area contributed by atoms with Crippen LogP contribution in [0.15, 0.2) is 39.9 Å². The van der Waals surface area contributed by atoms with Gasteiger partial charge >= 0.3 is 0 Å². The minimum atomic E-state index is -3.79. The number of thiophene rings is 1. The van der Waals surface area contributed by atoms with Crippen molar-refractivity contribution in [1.82, 2.24) is 14.9 Å². The topological polar surface area (TPSA) is 90.5 Å². The number of amides is 1. The van der Waals surface area contributed by atoms with Gasteiger partial charge in [0.25, 0.3) is 5.91 Å². The molecule has 1 amide bonds. The molecule has 0 aliphatic carbocycles. The van der Waals surface area contributed by atoms with E-state index in [1.807, 2.05) is 16.8 Å². The predicted octanol–water partition coefficient (Wildman–Crippen LogP) is 3.51. The van der Waals surface area contributed by atoms with Crippen LogP contribution in [0.25, 0.3) is 0 Å². The lowest BCUT2D eigenvalue weighted by Crippen LogP contribution is -2.40. The number of hydrogen-bond acceptors (Lipinski definition) is 6. The van der Waals surface area contributed by atoms with E-state index >= 15 is 0 Å². The third-order valence-corrected chi connectivity index (χ3v) is 7.74. The van der Waals surface area contributed by atoms with E-state index < -0.39 is 15.6 Å². The van der Waals surface area contributed by atoms with Crippen LogP contribution in [0.4, 0.5) is 5.69 Å². The normalized spacial score (nSPS) is 17.8. The zero-order valence-corrected chi connectivity index (χ0v) is 20.9. The number of nitrogens with zero attached hydrogens (tertiary/aromatic N) is 1. The van der Waals surface area contributed by atoms with Gasteiger partial charge in [-0.2, -0.15) is 11.3 Å². The first-order valence-electron chi connectivity index (χ1n) is 10.9. The number of sulfonamides is 1. The largest absolute Gasteiger partial charge is 0.381 e. The summed E-state index contributed by atoms with van der Waals surface area (Å²) in [6.45, 7) is 8.54. The Bertz CT molecular complexity index is 1010. The molecule has 3 N–H and O–H groups in total. The number of rotatable bonds is 8. The molecule has 1 saturated heterocycles. The maximum absolute atomic E-state index is 13.0. The summed E-state index contributed by atoms with van der Waals surface area (Å²) in [4.78, 5) is 15.3. The lowest BCUT2D eigenvalue weighted by atomic mass is 9.98. The van der Waals surface area contributed by atoms with Crippen LogP contribution < -0.4 is 15.4 Å². The van der Waals surface area contributed by atoms with E-state index in [1.54, 1.807) is 44.2 Å². The van der Waals surface area contributed by atoms with Crippen molar-refractivity contribution < 1.29 is 13.2 Å². The van der Waals surface area contributed by atoms with Gasteiger partial charge in [-0.05, 0) is 93.7 Å². The Labute approximate surface area is 195 Å². The fraction of sp³-hybridized carbons (Fsp3) is 0.522. The average molecular weight is 479 g/mol. The summed E-state index contributed by atoms with van der Waals surface area (Å²) < 4.78 is 28.6. The average Bonchev–Trinajstić information content (AvgIpc) is 3.22. The van der Waals surface area contributed by atoms with Crippen LogP contribution in [0, 0.1) is 5.92 Å². The molecule has 9 heteroatoms. The minimum Gasteiger partial charge on any atom is -0.381 e. The zero-order chi connectivity index (χ0) is 23.4. The molecule has 0 radical (unpaired) electrons. The monoisotopic (exact) mass is 478 g/mol. The molecule has 1 aromatic carbocycles. The lowest BCUT2D eigenvalue weighted by Gasteiger charge is -2.29. The van der Waals surface area contributed by atoms with Crippen LogP contribution in [-0.2, 0) is 16.6 Å². The standard InChI is InChI=1S/C23H34N4O3S2/c1-23(2,3)26-32(29,30)21-11-19(10-20(12-21)24-14-18-7-9-31-16-18)22(28)25-13-17-6-5-8-27(4)15-17/h7,9-12,16-17,24,26H,5-6,8,13-15H2,1-4H3,(H,25,28)/t17-/m1/s1. The first-order chi connectivity index (χ1) is 15.0. The fourth-order valence-electron chi connectivity index (χ4n) is 3.83. The van der Waals surface area contributed by atoms with Gasteiger partial charge in [-0.15, -0.1) is 0 Å². The summed E-state index contributed by atoms with van der Waals surface area (Å²) in [5.41, 5.74) is 1.40. The Balaban J connectivity index is 1.81. The molecule has 32 heavy (non-hydrogen) atoms. The third-order valence-electron chi connectivity index (χ3n) is 5.27. The van der Waals surface area contributed by atoms with Crippen molar-refractivity contribution in [3.63, 3.8) is 0 Å². The summed E-state index contributed by atoms with van der Waals surface area (Å²) in [6.07, 6.45) is 2.21. The van der Waals surface area contributed by atoms with E-state index in [4.69, 9.17) is 0 Å². The van der Waals surface area contributed by atoms with Gasteiger partial charge < -0.3 is 15.5 Å². The van der Waals surface area contributed by atoms with Crippen molar-refractivity contribution in [3.05, 3.63) is 46.2 Å². The van der Waals surface area contributed by atoms with E-state index in [-0.39, 0.29) is 10.8 Å². The summed E-state index contributed by atoms with van der Waals surface area (Å²) in [5.74, 6) is 0.146. The molecule has 0 bridgehead atoms. The molecule has 1 atom stereocenters. The molecule has 0 spiro atoms. The van der Waals surface area contributed by atoms with E-state index in [9.17, 15) is 13.2 Å². The lowest BCUT2D eigenvalue weighted by molar-refractivity contribution is 0.0936. The van der Waals surface area contributed by atoms with Gasteiger partial charge in [0.2, 0.25) is 10.0 Å². The molecule has 1 aliphatic heterocycles. The third kappa shape index (κ3) is 7.30. The molecule has 0 unspecified atom stereocenters. The van der Waals surface area contributed by atoms with Crippen LogP contribution in [0.5, 0.6) is 0 Å². The number of hydrogen-bond donors (Lipinski definition) is 3. The predicted molar refractivity (Wildman–Crippen MR) is 131 cm³/mol. The van der Waals surface area contributed by atoms with Crippen LogP contribution in [0.3, 0.4) is 0 Å². The molecule has 7 nitrogen and oxygen atoms in total. The highest BCUT2D eigenvalue weighted by molar-refractivity contribution is 7.89. The molecule has 3 rings (SSSR count). The van der Waals surface area contributed by atoms with E-state index in [2.05, 4.69) is 27.3 Å². The van der Waals surface area contributed by atoms with E-state index in [0.29, 0.717) is 30.3 Å². The maximum atomic E-state index is 13.0. The van der Waals surface area contributed by atoms with Gasteiger partial charge in [-0.1, -0.05) is 0 Å². The van der Waals surface area contributed by atoms with Gasteiger partial charge in [0, 0.05) is 36.4 Å². The van der Waals surface area contributed by atoms with Crippen LogP contribution in [0.1, 0.15) is 49.5 Å². The van der Waals surface area contributed by atoms with Crippen molar-refractivity contribution in [2.45, 2.75) is 50.6 Å². The van der Waals surface area contributed by atoms with Crippen molar-refractivity contribution >= 4 is 33.0 Å². The number of likely N-dealkylation sites (tertiary alicyclic amines) is 1. The quantitative estimate of drug-likeness (QED) is 0.540. The molecule has 1 aromatic heterocycles. The molecule has 1 aliphatic rings. The number of carbonyl (C=O) groups excluding carboxylic acids is 1. The van der Waals surface area contributed by atoms with Crippen LogP contribution in [0.2, 0.25) is 0 Å². The highest BCUT2D eigenvalue weighted by Crippen LogP contribution is 2.22. The minimum absolute atomic E-state index is 0.0743. The first kappa shape index (κ1) is 24.7. The summed E-state index contributed by atoms with van der Waals surface area (Å²) in [5, 5.41) is 10.3. The smallest absolute Gasteiger partial charge is 0.251 e. The van der Waals surface area contributed by atoms with Crippen molar-refractivity contribution in [1.29, 1.82) is 0 Å². The molecular formula is C23H34N4O3S2. The molecule has 0 saturated carbocycles. The summed E-state index contributed by atoms with van der Waals surface area (Å²) in [6, 6.07) is 6.75.